The largest absolute Gasteiger partial charge is 0.396 e. The number of rotatable bonds is 6. The number of aliphatic hydroxyl groups excluding tert-OH is 1. The third-order valence-electron chi connectivity index (χ3n) is 5.19. The Bertz CT molecular complexity index is 798. The maximum absolute atomic E-state index is 9.50. The van der Waals surface area contributed by atoms with Gasteiger partial charge in [0.25, 0.3) is 0 Å². The van der Waals surface area contributed by atoms with E-state index in [-0.39, 0.29) is 6.61 Å². The number of aliphatic hydroxyl groups is 1. The molecule has 4 nitrogen and oxygen atoms in total. The van der Waals surface area contributed by atoms with Crippen molar-refractivity contribution in [3.8, 4) is 0 Å². The number of hydrogen-bond acceptors (Lipinski definition) is 4. The molecule has 3 heterocycles. The van der Waals surface area contributed by atoms with Crippen molar-refractivity contribution in [1.29, 1.82) is 0 Å². The molecule has 4 rings (SSSR count). The number of benzene rings is 1. The highest BCUT2D eigenvalue weighted by atomic mass is 32.1. The number of piperazine rings is 1. The van der Waals surface area contributed by atoms with Crippen LogP contribution in [0.3, 0.4) is 0 Å². The van der Waals surface area contributed by atoms with E-state index in [0.29, 0.717) is 6.04 Å². The highest BCUT2D eigenvalue weighted by Gasteiger charge is 2.27. The van der Waals surface area contributed by atoms with Crippen molar-refractivity contribution in [1.82, 2.24) is 14.8 Å². The van der Waals surface area contributed by atoms with E-state index >= 15 is 0 Å². The summed E-state index contributed by atoms with van der Waals surface area (Å²) < 4.78 is 0. The molecule has 0 aliphatic carbocycles. The molecule has 0 unspecified atom stereocenters. The van der Waals surface area contributed by atoms with Gasteiger partial charge in [-0.3, -0.25) is 9.80 Å². The molecular formula is C20H25N3OS. The van der Waals surface area contributed by atoms with Gasteiger partial charge in [-0.2, -0.15) is 11.3 Å². The first-order valence-corrected chi connectivity index (χ1v) is 9.91. The molecule has 1 atom stereocenters. The molecule has 0 saturated carbocycles. The first-order chi connectivity index (χ1) is 12.3. The zero-order chi connectivity index (χ0) is 17.1. The number of aromatic nitrogens is 1. The molecule has 0 spiro atoms. The van der Waals surface area contributed by atoms with E-state index in [1.807, 2.05) is 0 Å². The summed E-state index contributed by atoms with van der Waals surface area (Å²) in [4.78, 5) is 8.44. The lowest BCUT2D eigenvalue weighted by Crippen LogP contribution is -2.52. The summed E-state index contributed by atoms with van der Waals surface area (Å²) in [5.41, 5.74) is 3.96. The van der Waals surface area contributed by atoms with Crippen LogP contribution in [-0.2, 0) is 13.1 Å². The predicted molar refractivity (Wildman–Crippen MR) is 104 cm³/mol. The lowest BCUT2D eigenvalue weighted by Gasteiger charge is -2.41. The molecule has 3 aromatic rings. The first kappa shape index (κ1) is 16.8. The van der Waals surface area contributed by atoms with Crippen LogP contribution in [0.25, 0.3) is 10.9 Å². The third-order valence-corrected chi connectivity index (χ3v) is 5.92. The molecule has 2 N–H and O–H groups in total. The Balaban J connectivity index is 1.44. The lowest BCUT2D eigenvalue weighted by atomic mass is 10.1. The van der Waals surface area contributed by atoms with E-state index in [0.717, 1.165) is 39.1 Å². The van der Waals surface area contributed by atoms with Crippen LogP contribution in [0.4, 0.5) is 0 Å². The van der Waals surface area contributed by atoms with Crippen molar-refractivity contribution in [2.24, 2.45) is 0 Å². The standard InChI is InChI=1S/C20H25N3OS/c24-9-5-18-14-22(7-8-23(18)12-16-6-10-25-15-16)13-17-11-21-20-4-2-1-3-19(17)20/h1-4,6,10-11,15,18,21,24H,5,7-9,12-14H2/t18-/m1/s1. The molecule has 2 aromatic heterocycles. The third kappa shape index (κ3) is 3.80. The molecule has 1 fully saturated rings. The quantitative estimate of drug-likeness (QED) is 0.713. The van der Waals surface area contributed by atoms with Gasteiger partial charge in [-0.25, -0.2) is 0 Å². The highest BCUT2D eigenvalue weighted by Crippen LogP contribution is 2.23. The van der Waals surface area contributed by atoms with Crippen molar-refractivity contribution in [2.45, 2.75) is 25.6 Å². The van der Waals surface area contributed by atoms with E-state index in [2.05, 4.69) is 62.1 Å². The average Bonchev–Trinajstić information content (AvgIpc) is 3.28. The Kier molecular flexibility index (Phi) is 5.17. The van der Waals surface area contributed by atoms with Crippen molar-refractivity contribution in [3.05, 3.63) is 58.4 Å². The van der Waals surface area contributed by atoms with Gasteiger partial charge in [-0.05, 0) is 40.4 Å². The minimum atomic E-state index is 0.256. The number of fused-ring (bicyclic) bond motifs is 1. The lowest BCUT2D eigenvalue weighted by molar-refractivity contribution is 0.0502. The summed E-state index contributed by atoms with van der Waals surface area (Å²) in [6, 6.07) is 11.1. The maximum Gasteiger partial charge on any atom is 0.0457 e. The zero-order valence-corrected chi connectivity index (χ0v) is 15.2. The van der Waals surface area contributed by atoms with Crippen LogP contribution in [-0.4, -0.2) is 52.2 Å². The summed E-state index contributed by atoms with van der Waals surface area (Å²) in [7, 11) is 0. The van der Waals surface area contributed by atoms with Crippen LogP contribution in [0.2, 0.25) is 0 Å². The van der Waals surface area contributed by atoms with Crippen molar-refractivity contribution in [2.75, 3.05) is 26.2 Å². The Morgan fingerprint density at radius 3 is 2.92 bits per heavy atom. The Morgan fingerprint density at radius 2 is 2.08 bits per heavy atom. The second-order valence-electron chi connectivity index (χ2n) is 6.86. The zero-order valence-electron chi connectivity index (χ0n) is 14.4. The van der Waals surface area contributed by atoms with Crippen LogP contribution in [0.5, 0.6) is 0 Å². The van der Waals surface area contributed by atoms with E-state index in [4.69, 9.17) is 0 Å². The van der Waals surface area contributed by atoms with Crippen LogP contribution >= 0.6 is 11.3 Å². The summed E-state index contributed by atoms with van der Waals surface area (Å²) in [6.07, 6.45) is 2.98. The molecule has 5 heteroatoms. The molecule has 1 aliphatic heterocycles. The molecule has 1 saturated heterocycles. The minimum absolute atomic E-state index is 0.256. The van der Waals surface area contributed by atoms with Gasteiger partial charge in [0.1, 0.15) is 0 Å². The molecular weight excluding hydrogens is 330 g/mol. The van der Waals surface area contributed by atoms with Gasteiger partial charge in [-0.15, -0.1) is 0 Å². The predicted octanol–water partition coefficient (Wildman–Crippen LogP) is 3.30. The van der Waals surface area contributed by atoms with Gasteiger partial charge in [0.05, 0.1) is 0 Å². The van der Waals surface area contributed by atoms with Gasteiger partial charge in [0, 0.05) is 62.5 Å². The minimum Gasteiger partial charge on any atom is -0.396 e. The van der Waals surface area contributed by atoms with Gasteiger partial charge < -0.3 is 10.1 Å². The van der Waals surface area contributed by atoms with Gasteiger partial charge >= 0.3 is 0 Å². The van der Waals surface area contributed by atoms with Crippen LogP contribution < -0.4 is 0 Å². The van der Waals surface area contributed by atoms with Crippen molar-refractivity contribution < 1.29 is 5.11 Å². The normalized spacial score (nSPS) is 19.6. The number of H-pyrrole nitrogens is 1. The molecule has 0 amide bonds. The van der Waals surface area contributed by atoms with Gasteiger partial charge in [-0.1, -0.05) is 18.2 Å². The van der Waals surface area contributed by atoms with Crippen LogP contribution in [0, 0.1) is 0 Å². The summed E-state index contributed by atoms with van der Waals surface area (Å²) in [5.74, 6) is 0. The topological polar surface area (TPSA) is 42.5 Å². The number of hydrogen-bond donors (Lipinski definition) is 2. The Labute approximate surface area is 152 Å². The molecule has 132 valence electrons. The molecule has 25 heavy (non-hydrogen) atoms. The molecule has 1 aromatic carbocycles. The van der Waals surface area contributed by atoms with Crippen molar-refractivity contribution in [3.63, 3.8) is 0 Å². The van der Waals surface area contributed by atoms with Gasteiger partial charge in [0.2, 0.25) is 0 Å². The Morgan fingerprint density at radius 1 is 1.16 bits per heavy atom. The number of nitrogens with zero attached hydrogens (tertiary/aromatic N) is 2. The number of nitrogens with one attached hydrogen (secondary N) is 1. The molecule has 1 aliphatic rings. The smallest absolute Gasteiger partial charge is 0.0457 e. The van der Waals surface area contributed by atoms with Crippen molar-refractivity contribution >= 4 is 22.2 Å². The second-order valence-corrected chi connectivity index (χ2v) is 7.64. The number of thiophene rings is 1. The number of aromatic amines is 1. The van der Waals surface area contributed by atoms with Gasteiger partial charge in [0.15, 0.2) is 0 Å². The van der Waals surface area contributed by atoms with Crippen LogP contribution in [0.1, 0.15) is 17.5 Å². The van der Waals surface area contributed by atoms with E-state index in [1.54, 1.807) is 11.3 Å². The monoisotopic (exact) mass is 355 g/mol. The van der Waals surface area contributed by atoms with E-state index in [9.17, 15) is 5.11 Å². The summed E-state index contributed by atoms with van der Waals surface area (Å²) in [6.45, 7) is 5.37. The molecule has 0 radical (unpaired) electrons. The number of para-hydroxylation sites is 1. The summed E-state index contributed by atoms with van der Waals surface area (Å²) >= 11 is 1.76. The summed E-state index contributed by atoms with van der Waals surface area (Å²) in [5, 5.41) is 15.2. The fraction of sp³-hybridized carbons (Fsp3) is 0.400. The fourth-order valence-corrected chi connectivity index (χ4v) is 4.51. The van der Waals surface area contributed by atoms with E-state index < -0.39 is 0 Å². The fourth-order valence-electron chi connectivity index (χ4n) is 3.85. The van der Waals surface area contributed by atoms with E-state index in [1.165, 1.54) is 22.0 Å². The maximum atomic E-state index is 9.50. The first-order valence-electron chi connectivity index (χ1n) is 8.97. The van der Waals surface area contributed by atoms with Crippen LogP contribution in [0.15, 0.2) is 47.3 Å². The Hall–Kier alpha value is -1.66. The highest BCUT2D eigenvalue weighted by molar-refractivity contribution is 7.07. The molecule has 0 bridgehead atoms. The average molecular weight is 356 g/mol. The SMILES string of the molecule is OCC[C@@H]1CN(Cc2c[nH]c3ccccc23)CCN1Cc1ccsc1. The second kappa shape index (κ2) is 7.70.